The Morgan fingerprint density at radius 1 is 0.806 bits per heavy atom. The minimum absolute atomic E-state index is 0.656. The summed E-state index contributed by atoms with van der Waals surface area (Å²) in [6, 6.07) is 25.6. The molecule has 0 saturated carbocycles. The average molecular weight is 407 g/mol. The summed E-state index contributed by atoms with van der Waals surface area (Å²) in [6.45, 7) is 3.55. The normalized spacial score (nSPS) is 11.4. The Kier molecular flexibility index (Phi) is 4.91. The number of nitrogens with zero attached hydrogens (tertiary/aromatic N) is 2. The SMILES string of the molecule is CCC(=N)N(C)CCNc1c2ccc3ccccc3c2nc2c1ccc1ccccc12. The molecule has 5 rings (SSSR count). The van der Waals surface area contributed by atoms with E-state index in [0.29, 0.717) is 5.84 Å². The zero-order valence-electron chi connectivity index (χ0n) is 17.9. The molecule has 0 amide bonds. The summed E-state index contributed by atoms with van der Waals surface area (Å²) in [4.78, 5) is 7.20. The van der Waals surface area contributed by atoms with E-state index >= 15 is 0 Å². The van der Waals surface area contributed by atoms with Gasteiger partial charge in [0.15, 0.2) is 0 Å². The van der Waals surface area contributed by atoms with Gasteiger partial charge in [0.1, 0.15) is 0 Å². The van der Waals surface area contributed by atoms with Crippen molar-refractivity contribution < 1.29 is 0 Å². The van der Waals surface area contributed by atoms with Crippen molar-refractivity contribution in [3.63, 3.8) is 0 Å². The number of hydrogen-bond acceptors (Lipinski definition) is 3. The average Bonchev–Trinajstić information content (AvgIpc) is 2.82. The Morgan fingerprint density at radius 2 is 1.35 bits per heavy atom. The number of fused-ring (bicyclic) bond motifs is 6. The van der Waals surface area contributed by atoms with Crippen LogP contribution >= 0.6 is 0 Å². The van der Waals surface area contributed by atoms with Crippen molar-refractivity contribution in [1.29, 1.82) is 5.41 Å². The fourth-order valence-electron chi connectivity index (χ4n) is 4.36. The van der Waals surface area contributed by atoms with Crippen LogP contribution in [0.15, 0.2) is 72.8 Å². The topological polar surface area (TPSA) is 52.0 Å². The van der Waals surface area contributed by atoms with Crippen molar-refractivity contribution in [2.45, 2.75) is 13.3 Å². The van der Waals surface area contributed by atoms with Gasteiger partial charge in [-0.1, -0.05) is 79.7 Å². The van der Waals surface area contributed by atoms with Crippen molar-refractivity contribution >= 4 is 54.9 Å². The van der Waals surface area contributed by atoms with E-state index in [1.807, 2.05) is 18.9 Å². The Bertz CT molecular complexity index is 1340. The summed E-state index contributed by atoms with van der Waals surface area (Å²) in [5.74, 6) is 0.656. The van der Waals surface area contributed by atoms with E-state index < -0.39 is 0 Å². The molecule has 4 heteroatoms. The fourth-order valence-corrected chi connectivity index (χ4v) is 4.36. The molecule has 0 radical (unpaired) electrons. The molecule has 1 aromatic heterocycles. The van der Waals surface area contributed by atoms with Crippen LogP contribution in [0.5, 0.6) is 0 Å². The minimum atomic E-state index is 0.656. The van der Waals surface area contributed by atoms with Gasteiger partial charge in [0.2, 0.25) is 0 Å². The Hall–Kier alpha value is -3.66. The van der Waals surface area contributed by atoms with Crippen molar-refractivity contribution in [3.05, 3.63) is 72.8 Å². The summed E-state index contributed by atoms with van der Waals surface area (Å²) >= 11 is 0. The molecule has 0 unspecified atom stereocenters. The smallest absolute Gasteiger partial charge is 0.0952 e. The molecule has 0 bridgehead atoms. The van der Waals surface area contributed by atoms with Gasteiger partial charge >= 0.3 is 0 Å². The Morgan fingerprint density at radius 3 is 1.90 bits per heavy atom. The molecular formula is C27H26N4. The number of amidine groups is 1. The third-order valence-corrected chi connectivity index (χ3v) is 6.11. The van der Waals surface area contributed by atoms with Gasteiger partial charge in [-0.05, 0) is 10.8 Å². The first-order valence-electron chi connectivity index (χ1n) is 10.8. The van der Waals surface area contributed by atoms with E-state index in [0.717, 1.165) is 47.0 Å². The summed E-state index contributed by atoms with van der Waals surface area (Å²) in [7, 11) is 1.98. The van der Waals surface area contributed by atoms with Crippen molar-refractivity contribution in [2.24, 2.45) is 0 Å². The van der Waals surface area contributed by atoms with Crippen LogP contribution in [0.4, 0.5) is 5.69 Å². The lowest BCUT2D eigenvalue weighted by atomic mass is 9.99. The quantitative estimate of drug-likeness (QED) is 0.153. The first kappa shape index (κ1) is 19.3. The lowest BCUT2D eigenvalue weighted by Gasteiger charge is -2.21. The summed E-state index contributed by atoms with van der Waals surface area (Å²) in [5.41, 5.74) is 3.17. The largest absolute Gasteiger partial charge is 0.382 e. The number of nitrogens with one attached hydrogen (secondary N) is 2. The highest BCUT2D eigenvalue weighted by Gasteiger charge is 2.14. The maximum atomic E-state index is 8.06. The number of aromatic nitrogens is 1. The lowest BCUT2D eigenvalue weighted by Crippen LogP contribution is -2.30. The van der Waals surface area contributed by atoms with Gasteiger partial charge in [-0.15, -0.1) is 0 Å². The zero-order valence-corrected chi connectivity index (χ0v) is 17.9. The second kappa shape index (κ2) is 7.88. The molecule has 0 saturated heterocycles. The van der Waals surface area contributed by atoms with Crippen LogP contribution in [0.2, 0.25) is 0 Å². The highest BCUT2D eigenvalue weighted by atomic mass is 15.1. The van der Waals surface area contributed by atoms with E-state index in [1.54, 1.807) is 0 Å². The molecule has 0 aliphatic heterocycles. The van der Waals surface area contributed by atoms with E-state index in [-0.39, 0.29) is 0 Å². The van der Waals surface area contributed by atoms with E-state index in [9.17, 15) is 0 Å². The molecule has 0 atom stereocenters. The van der Waals surface area contributed by atoms with E-state index in [4.69, 9.17) is 10.4 Å². The van der Waals surface area contributed by atoms with Crippen LogP contribution in [-0.4, -0.2) is 35.9 Å². The first-order valence-corrected chi connectivity index (χ1v) is 10.8. The molecule has 154 valence electrons. The second-order valence-corrected chi connectivity index (χ2v) is 8.00. The lowest BCUT2D eigenvalue weighted by molar-refractivity contribution is 0.509. The predicted octanol–water partition coefficient (Wildman–Crippen LogP) is 6.43. The summed E-state index contributed by atoms with van der Waals surface area (Å²) in [6.07, 6.45) is 0.746. The third-order valence-electron chi connectivity index (χ3n) is 6.11. The number of hydrogen-bond donors (Lipinski definition) is 2. The maximum Gasteiger partial charge on any atom is 0.0952 e. The van der Waals surface area contributed by atoms with Crippen LogP contribution < -0.4 is 5.32 Å². The van der Waals surface area contributed by atoms with Crippen molar-refractivity contribution in [3.8, 4) is 0 Å². The van der Waals surface area contributed by atoms with Crippen LogP contribution in [0.1, 0.15) is 13.3 Å². The molecule has 5 aromatic rings. The Balaban J connectivity index is 1.73. The number of benzene rings is 4. The number of pyridine rings is 1. The van der Waals surface area contributed by atoms with Crippen LogP contribution in [0.3, 0.4) is 0 Å². The highest BCUT2D eigenvalue weighted by molar-refractivity contribution is 6.20. The summed E-state index contributed by atoms with van der Waals surface area (Å²) in [5, 5.41) is 18.8. The number of likely N-dealkylation sites (N-methyl/N-ethyl adjacent to an activating group) is 1. The Labute approximate surface area is 182 Å². The van der Waals surface area contributed by atoms with Crippen LogP contribution in [0.25, 0.3) is 43.4 Å². The second-order valence-electron chi connectivity index (χ2n) is 8.00. The number of rotatable bonds is 5. The van der Waals surface area contributed by atoms with Gasteiger partial charge in [0.25, 0.3) is 0 Å². The van der Waals surface area contributed by atoms with Crippen LogP contribution in [0, 0.1) is 5.41 Å². The highest BCUT2D eigenvalue weighted by Crippen LogP contribution is 2.37. The standard InChI is InChI=1S/C27H26N4/c1-3-24(28)31(2)17-16-29-25-22-14-12-18-8-4-6-10-20(18)26(22)30-27-21-11-7-5-9-19(21)13-15-23(25)27/h4-15,28H,3,16-17H2,1-2H3,(H,29,30). The monoisotopic (exact) mass is 406 g/mol. The molecule has 4 aromatic carbocycles. The van der Waals surface area contributed by atoms with Crippen molar-refractivity contribution in [1.82, 2.24) is 9.88 Å². The van der Waals surface area contributed by atoms with Gasteiger partial charge in [-0.25, -0.2) is 4.98 Å². The molecule has 0 fully saturated rings. The minimum Gasteiger partial charge on any atom is -0.382 e. The molecule has 31 heavy (non-hydrogen) atoms. The van der Waals surface area contributed by atoms with Gasteiger partial charge in [0.05, 0.1) is 22.6 Å². The first-order chi connectivity index (χ1) is 15.2. The van der Waals surface area contributed by atoms with Crippen molar-refractivity contribution in [2.75, 3.05) is 25.5 Å². The molecular weight excluding hydrogens is 380 g/mol. The maximum absolute atomic E-state index is 8.06. The molecule has 0 aliphatic carbocycles. The molecule has 2 N–H and O–H groups in total. The molecule has 1 heterocycles. The molecule has 0 aliphatic rings. The van der Waals surface area contributed by atoms with Crippen LogP contribution in [-0.2, 0) is 0 Å². The summed E-state index contributed by atoms with van der Waals surface area (Å²) < 4.78 is 0. The van der Waals surface area contributed by atoms with E-state index in [1.165, 1.54) is 21.5 Å². The predicted molar refractivity (Wildman–Crippen MR) is 133 cm³/mol. The fraction of sp³-hybridized carbons (Fsp3) is 0.185. The van der Waals surface area contributed by atoms with Gasteiger partial charge in [0, 0.05) is 48.1 Å². The molecule has 0 spiro atoms. The zero-order chi connectivity index (χ0) is 21.4. The number of anilines is 1. The van der Waals surface area contributed by atoms with Gasteiger partial charge in [-0.3, -0.25) is 5.41 Å². The van der Waals surface area contributed by atoms with E-state index in [2.05, 4.69) is 78.1 Å². The van der Waals surface area contributed by atoms with Gasteiger partial charge < -0.3 is 10.2 Å². The third kappa shape index (κ3) is 3.34. The molecule has 4 nitrogen and oxygen atoms in total. The van der Waals surface area contributed by atoms with Gasteiger partial charge in [-0.2, -0.15) is 0 Å².